The Morgan fingerprint density at radius 2 is 1.65 bits per heavy atom. The first-order chi connectivity index (χ1) is 12.5. The van der Waals surface area contributed by atoms with Gasteiger partial charge in [-0.25, -0.2) is 9.21 Å². The van der Waals surface area contributed by atoms with Crippen molar-refractivity contribution in [2.45, 2.75) is 50.7 Å². The van der Waals surface area contributed by atoms with Crippen molar-refractivity contribution >= 4 is 23.7 Å². The van der Waals surface area contributed by atoms with E-state index in [1.165, 1.54) is 0 Å². The topological polar surface area (TPSA) is 73.1 Å². The van der Waals surface area contributed by atoms with Crippen molar-refractivity contribution < 1.29 is 9.59 Å². The third-order valence-corrected chi connectivity index (χ3v) is 7.07. The highest BCUT2D eigenvalue weighted by Crippen LogP contribution is 2.41. The quantitative estimate of drug-likeness (QED) is 0.745. The number of hydrogen-bond donors (Lipinski definition) is 1. The van der Waals surface area contributed by atoms with E-state index >= 15 is 0 Å². The molecule has 1 saturated carbocycles. The molecule has 0 spiro atoms. The van der Waals surface area contributed by atoms with E-state index in [9.17, 15) is 9.59 Å². The molecule has 146 valence electrons. The molecule has 0 aromatic rings. The fourth-order valence-electron chi connectivity index (χ4n) is 5.21. The van der Waals surface area contributed by atoms with E-state index in [0.717, 1.165) is 71.2 Å². The summed E-state index contributed by atoms with van der Waals surface area (Å²) in [6.07, 6.45) is 5.90. The Balaban J connectivity index is 1.26. The summed E-state index contributed by atoms with van der Waals surface area (Å²) in [6.45, 7) is 4.47. The zero-order valence-electron chi connectivity index (χ0n) is 15.4. The van der Waals surface area contributed by atoms with Crippen molar-refractivity contribution in [3.05, 3.63) is 0 Å². The second-order valence-corrected chi connectivity index (χ2v) is 8.82. The average molecular weight is 384 g/mol. The monoisotopic (exact) mass is 383 g/mol. The predicted octanol–water partition coefficient (Wildman–Crippen LogP) is 1.28. The second-order valence-electron chi connectivity index (χ2n) is 8.38. The molecule has 0 aromatic carbocycles. The molecule has 3 heterocycles. The highest BCUT2D eigenvalue weighted by molar-refractivity contribution is 6.14. The molecule has 3 amide bonds. The largest absolute Gasteiger partial charge is 0.326 e. The van der Waals surface area contributed by atoms with E-state index in [2.05, 4.69) is 0 Å². The van der Waals surface area contributed by atoms with Crippen molar-refractivity contribution in [1.82, 2.24) is 19.1 Å². The average Bonchev–Trinajstić information content (AvgIpc) is 3.37. The van der Waals surface area contributed by atoms with Crippen LogP contribution >= 0.6 is 11.8 Å². The molecule has 4 fully saturated rings. The summed E-state index contributed by atoms with van der Waals surface area (Å²) in [6, 6.07) is 0.438. The zero-order valence-corrected chi connectivity index (χ0v) is 16.1. The summed E-state index contributed by atoms with van der Waals surface area (Å²) in [4.78, 5) is 30.8. The highest BCUT2D eigenvalue weighted by Gasteiger charge is 2.45. The molecule has 1 unspecified atom stereocenters. The number of rotatable bonds is 3. The van der Waals surface area contributed by atoms with Crippen LogP contribution in [0.5, 0.6) is 0 Å². The van der Waals surface area contributed by atoms with Gasteiger partial charge in [-0.15, -0.1) is 0 Å². The zero-order chi connectivity index (χ0) is 18.3. The van der Waals surface area contributed by atoms with Gasteiger partial charge >= 0.3 is 6.03 Å². The van der Waals surface area contributed by atoms with Crippen molar-refractivity contribution in [2.24, 2.45) is 17.6 Å². The van der Waals surface area contributed by atoms with Gasteiger partial charge in [0.05, 0.1) is 12.7 Å². The number of nitrogens with zero attached hydrogens (tertiary/aromatic N) is 4. The molecule has 3 saturated heterocycles. The number of carbonyl (C=O) groups excluding carboxylic acids is 2. The lowest BCUT2D eigenvalue weighted by atomic mass is 10.0. The minimum Gasteiger partial charge on any atom is -0.326 e. The molecule has 7 nitrogen and oxygen atoms in total. The molecule has 4 rings (SSSR count). The summed E-state index contributed by atoms with van der Waals surface area (Å²) in [5.74, 6) is 1.06. The lowest BCUT2D eigenvalue weighted by molar-refractivity contribution is -0.132. The minimum absolute atomic E-state index is 0.0351. The predicted molar refractivity (Wildman–Crippen MR) is 99.3 cm³/mol. The maximum absolute atomic E-state index is 12.6. The van der Waals surface area contributed by atoms with Gasteiger partial charge < -0.3 is 20.4 Å². The second kappa shape index (κ2) is 7.52. The van der Waals surface area contributed by atoms with Crippen LogP contribution in [-0.2, 0) is 4.79 Å². The SMILES string of the molecule is N[C@@H]1CCCN1C(=O)CN(Cl)C1C[C@@H]2CN(C(=O)N3CCCC3)C[C@@H]2C1. The fraction of sp³-hybridized carbons (Fsp3) is 0.889. The normalized spacial score (nSPS) is 34.2. The molecule has 8 heteroatoms. The van der Waals surface area contributed by atoms with Crippen molar-refractivity contribution in [3.8, 4) is 0 Å². The molecule has 0 radical (unpaired) electrons. The van der Waals surface area contributed by atoms with Crippen LogP contribution < -0.4 is 5.73 Å². The van der Waals surface area contributed by atoms with Gasteiger partial charge in [-0.05, 0) is 62.1 Å². The number of carbonyl (C=O) groups is 2. The number of halogens is 1. The Hall–Kier alpha value is -1.05. The molecule has 0 aromatic heterocycles. The number of nitrogens with two attached hydrogens (primary N) is 1. The van der Waals surface area contributed by atoms with Gasteiger partial charge in [0.15, 0.2) is 0 Å². The van der Waals surface area contributed by atoms with E-state index < -0.39 is 0 Å². The number of likely N-dealkylation sites (tertiary alicyclic amines) is 3. The van der Waals surface area contributed by atoms with Gasteiger partial charge in [-0.3, -0.25) is 4.79 Å². The molecule has 2 N–H and O–H groups in total. The molecule has 4 aliphatic rings. The molecular weight excluding hydrogens is 354 g/mol. The van der Waals surface area contributed by atoms with Crippen LogP contribution in [0.2, 0.25) is 0 Å². The molecule has 26 heavy (non-hydrogen) atoms. The first kappa shape index (κ1) is 18.3. The Morgan fingerprint density at radius 1 is 1.00 bits per heavy atom. The van der Waals surface area contributed by atoms with Crippen LogP contribution in [0.3, 0.4) is 0 Å². The van der Waals surface area contributed by atoms with E-state index in [1.54, 1.807) is 9.32 Å². The van der Waals surface area contributed by atoms with Crippen LogP contribution in [-0.4, -0.2) is 82.5 Å². The van der Waals surface area contributed by atoms with E-state index in [0.29, 0.717) is 11.8 Å². The van der Waals surface area contributed by atoms with Crippen LogP contribution in [0.15, 0.2) is 0 Å². The summed E-state index contributed by atoms with van der Waals surface area (Å²) in [7, 11) is 0. The minimum atomic E-state index is -0.152. The summed E-state index contributed by atoms with van der Waals surface area (Å²) in [5.41, 5.74) is 5.98. The Bertz CT molecular complexity index is 542. The van der Waals surface area contributed by atoms with Gasteiger partial charge in [0.1, 0.15) is 0 Å². The van der Waals surface area contributed by atoms with Gasteiger partial charge in [0, 0.05) is 38.8 Å². The van der Waals surface area contributed by atoms with E-state index in [4.69, 9.17) is 17.5 Å². The Labute approximate surface area is 160 Å². The number of hydrogen-bond acceptors (Lipinski definition) is 4. The number of urea groups is 1. The lowest BCUT2D eigenvalue weighted by Crippen LogP contribution is -2.46. The fourth-order valence-corrected chi connectivity index (χ4v) is 5.47. The van der Waals surface area contributed by atoms with Gasteiger partial charge in [-0.1, -0.05) is 0 Å². The van der Waals surface area contributed by atoms with Gasteiger partial charge in [0.2, 0.25) is 5.91 Å². The molecule has 1 aliphatic carbocycles. The lowest BCUT2D eigenvalue weighted by Gasteiger charge is -2.28. The van der Waals surface area contributed by atoms with E-state index in [1.807, 2.05) is 9.80 Å². The van der Waals surface area contributed by atoms with Crippen LogP contribution in [0.25, 0.3) is 0 Å². The van der Waals surface area contributed by atoms with Crippen LogP contribution in [0.4, 0.5) is 4.79 Å². The third kappa shape index (κ3) is 3.53. The first-order valence-corrected chi connectivity index (χ1v) is 10.4. The third-order valence-electron chi connectivity index (χ3n) is 6.68. The van der Waals surface area contributed by atoms with E-state index in [-0.39, 0.29) is 30.7 Å². The molecule has 3 aliphatic heterocycles. The Morgan fingerprint density at radius 3 is 2.23 bits per heavy atom. The molecule has 0 bridgehead atoms. The van der Waals surface area contributed by atoms with Crippen molar-refractivity contribution in [3.63, 3.8) is 0 Å². The maximum atomic E-state index is 12.6. The van der Waals surface area contributed by atoms with Crippen molar-refractivity contribution in [2.75, 3.05) is 39.3 Å². The highest BCUT2D eigenvalue weighted by atomic mass is 35.5. The molecule has 4 atom stereocenters. The number of amides is 3. The van der Waals surface area contributed by atoms with Gasteiger partial charge in [-0.2, -0.15) is 0 Å². The maximum Gasteiger partial charge on any atom is 0.320 e. The van der Waals surface area contributed by atoms with Gasteiger partial charge in [0.25, 0.3) is 0 Å². The van der Waals surface area contributed by atoms with Crippen LogP contribution in [0, 0.1) is 11.8 Å². The smallest absolute Gasteiger partial charge is 0.320 e. The number of fused-ring (bicyclic) bond motifs is 1. The Kier molecular flexibility index (Phi) is 5.30. The summed E-state index contributed by atoms with van der Waals surface area (Å²) < 4.78 is 1.69. The standard InChI is InChI=1S/C18H30ClN5O2/c19-24(12-17(25)23-7-3-4-16(23)20)15-8-13-10-22(11-14(13)9-15)18(26)21-5-1-2-6-21/h13-16H,1-12,20H2/t13-,14+,15?,16-/m0/s1. The van der Waals surface area contributed by atoms with Crippen LogP contribution in [0.1, 0.15) is 38.5 Å². The summed E-state index contributed by atoms with van der Waals surface area (Å²) >= 11 is 6.48. The molecular formula is C18H30ClN5O2. The summed E-state index contributed by atoms with van der Waals surface area (Å²) in [5, 5.41) is 0. The first-order valence-electron chi connectivity index (χ1n) is 10.0. The van der Waals surface area contributed by atoms with Crippen molar-refractivity contribution in [1.29, 1.82) is 0 Å².